The predicted molar refractivity (Wildman–Crippen MR) is 96.9 cm³/mol. The van der Waals surface area contributed by atoms with Gasteiger partial charge >= 0.3 is 0 Å². The Hall–Kier alpha value is -1.51. The van der Waals surface area contributed by atoms with E-state index < -0.39 is 0 Å². The minimum absolute atomic E-state index is 0.0221. The van der Waals surface area contributed by atoms with Crippen molar-refractivity contribution in [3.63, 3.8) is 0 Å². The highest BCUT2D eigenvalue weighted by Crippen LogP contribution is 2.44. The summed E-state index contributed by atoms with van der Waals surface area (Å²) < 4.78 is 13.1. The van der Waals surface area contributed by atoms with E-state index in [1.54, 1.807) is 12.1 Å². The van der Waals surface area contributed by atoms with Gasteiger partial charge in [-0.25, -0.2) is 4.39 Å². The Balaban J connectivity index is 1.75. The second-order valence-corrected chi connectivity index (χ2v) is 7.88. The van der Waals surface area contributed by atoms with Gasteiger partial charge in [0.2, 0.25) is 0 Å². The van der Waals surface area contributed by atoms with Crippen LogP contribution in [0.5, 0.6) is 0 Å². The van der Waals surface area contributed by atoms with Gasteiger partial charge in [0.05, 0.1) is 0 Å². The van der Waals surface area contributed by atoms with Gasteiger partial charge in [0.1, 0.15) is 11.6 Å². The zero-order valence-corrected chi connectivity index (χ0v) is 15.2. The predicted octanol–water partition coefficient (Wildman–Crippen LogP) is 5.60. The molecule has 2 fully saturated rings. The molecule has 3 atom stereocenters. The summed E-state index contributed by atoms with van der Waals surface area (Å²) in [4.78, 5) is 25.5. The molecule has 0 saturated heterocycles. The molecule has 0 heterocycles. The lowest BCUT2D eigenvalue weighted by Crippen LogP contribution is -2.38. The monoisotopic (exact) mass is 344 g/mol. The van der Waals surface area contributed by atoms with Crippen molar-refractivity contribution in [2.75, 3.05) is 0 Å². The Bertz CT molecular complexity index is 601. The summed E-state index contributed by atoms with van der Waals surface area (Å²) in [7, 11) is 0. The van der Waals surface area contributed by atoms with Gasteiger partial charge in [0.25, 0.3) is 0 Å². The van der Waals surface area contributed by atoms with Crippen LogP contribution >= 0.6 is 0 Å². The molecule has 2 aliphatic carbocycles. The number of hydrogen-bond acceptors (Lipinski definition) is 2. The Morgan fingerprint density at radius 1 is 0.920 bits per heavy atom. The first-order valence-corrected chi connectivity index (χ1v) is 9.92. The van der Waals surface area contributed by atoms with Crippen molar-refractivity contribution in [3.8, 4) is 0 Å². The van der Waals surface area contributed by atoms with E-state index >= 15 is 0 Å². The third kappa shape index (κ3) is 4.19. The molecule has 3 heteroatoms. The van der Waals surface area contributed by atoms with Gasteiger partial charge in [-0.3, -0.25) is 9.59 Å². The summed E-state index contributed by atoms with van der Waals surface area (Å²) >= 11 is 0. The Morgan fingerprint density at radius 2 is 1.60 bits per heavy atom. The topological polar surface area (TPSA) is 34.1 Å². The zero-order valence-electron chi connectivity index (χ0n) is 15.2. The van der Waals surface area contributed by atoms with Gasteiger partial charge in [0, 0.05) is 23.8 Å². The van der Waals surface area contributed by atoms with Gasteiger partial charge < -0.3 is 0 Å². The normalized spacial score (nSPS) is 27.8. The fraction of sp³-hybridized carbons (Fsp3) is 0.636. The van der Waals surface area contributed by atoms with Gasteiger partial charge in [-0.15, -0.1) is 0 Å². The molecule has 1 unspecified atom stereocenters. The highest BCUT2D eigenvalue weighted by atomic mass is 19.1. The maximum Gasteiger partial charge on any atom is 0.166 e. The first kappa shape index (κ1) is 18.3. The van der Waals surface area contributed by atoms with E-state index in [9.17, 15) is 14.0 Å². The fourth-order valence-corrected chi connectivity index (χ4v) is 5.00. The smallest absolute Gasteiger partial charge is 0.166 e. The van der Waals surface area contributed by atoms with Crippen LogP contribution in [-0.4, -0.2) is 11.6 Å². The van der Waals surface area contributed by atoms with Crippen molar-refractivity contribution in [2.45, 2.75) is 64.7 Å². The lowest BCUT2D eigenvalue weighted by Gasteiger charge is -2.39. The number of hydrogen-bond donors (Lipinski definition) is 0. The Morgan fingerprint density at radius 3 is 2.24 bits per heavy atom. The van der Waals surface area contributed by atoms with E-state index in [0.29, 0.717) is 17.9 Å². The number of benzene rings is 1. The van der Waals surface area contributed by atoms with Gasteiger partial charge in [-0.1, -0.05) is 39.0 Å². The standard InChI is InChI=1S/C22H29FO2/c1-2-21(24)20-14-17(15-6-4-3-5-7-15)10-13-19(20)22(25)16-8-11-18(23)12-9-16/h8-9,11-12,15,17,19-20H,2-7,10,13-14H2,1H3/t17-,19?,20+/m0/s1. The van der Waals surface area contributed by atoms with Crippen molar-refractivity contribution in [3.05, 3.63) is 35.6 Å². The van der Waals surface area contributed by atoms with Crippen LogP contribution in [0.3, 0.4) is 0 Å². The van der Waals surface area contributed by atoms with Crippen molar-refractivity contribution in [1.29, 1.82) is 0 Å². The fourth-order valence-electron chi connectivity index (χ4n) is 5.00. The van der Waals surface area contributed by atoms with Crippen LogP contribution in [0.2, 0.25) is 0 Å². The second kappa shape index (κ2) is 8.25. The van der Waals surface area contributed by atoms with E-state index in [4.69, 9.17) is 0 Å². The van der Waals surface area contributed by atoms with E-state index in [2.05, 4.69) is 0 Å². The summed E-state index contributed by atoms with van der Waals surface area (Å²) in [5.41, 5.74) is 0.538. The molecule has 25 heavy (non-hydrogen) atoms. The van der Waals surface area contributed by atoms with E-state index in [0.717, 1.165) is 25.2 Å². The Kier molecular flexibility index (Phi) is 6.03. The number of ketones is 2. The highest BCUT2D eigenvalue weighted by molar-refractivity contribution is 6.00. The third-order valence-electron chi connectivity index (χ3n) is 6.43. The van der Waals surface area contributed by atoms with Crippen molar-refractivity contribution in [1.82, 2.24) is 0 Å². The molecule has 2 saturated carbocycles. The Labute approximate surface area is 150 Å². The summed E-state index contributed by atoms with van der Waals surface area (Å²) in [6, 6.07) is 5.77. The number of carbonyl (C=O) groups excluding carboxylic acids is 2. The van der Waals surface area contributed by atoms with Crippen LogP contribution in [0.15, 0.2) is 24.3 Å². The summed E-state index contributed by atoms with van der Waals surface area (Å²) in [6.45, 7) is 1.89. The van der Waals surface area contributed by atoms with Gasteiger partial charge in [0.15, 0.2) is 5.78 Å². The van der Waals surface area contributed by atoms with Crippen molar-refractivity contribution >= 4 is 11.6 Å². The molecule has 0 bridgehead atoms. The van der Waals surface area contributed by atoms with Crippen LogP contribution in [0.4, 0.5) is 4.39 Å². The summed E-state index contributed by atoms with van der Waals surface area (Å²) in [6.07, 6.45) is 9.75. The number of halogens is 1. The molecule has 1 aromatic rings. The van der Waals surface area contributed by atoms with Gasteiger partial charge in [-0.05, 0) is 55.4 Å². The quantitative estimate of drug-likeness (QED) is 0.652. The maximum atomic E-state index is 13.1. The largest absolute Gasteiger partial charge is 0.299 e. The molecule has 2 aliphatic rings. The lowest BCUT2D eigenvalue weighted by atomic mass is 9.64. The highest BCUT2D eigenvalue weighted by Gasteiger charge is 2.40. The molecular weight excluding hydrogens is 315 g/mol. The molecule has 0 spiro atoms. The van der Waals surface area contributed by atoms with Crippen LogP contribution in [0.1, 0.15) is 75.1 Å². The van der Waals surface area contributed by atoms with Crippen LogP contribution in [0.25, 0.3) is 0 Å². The molecule has 2 nitrogen and oxygen atoms in total. The molecule has 1 aromatic carbocycles. The molecule has 0 aliphatic heterocycles. The van der Waals surface area contributed by atoms with E-state index in [1.165, 1.54) is 44.2 Å². The number of Topliss-reactive ketones (excluding diaryl/α,β-unsaturated/α-hetero) is 2. The zero-order chi connectivity index (χ0) is 17.8. The molecule has 0 N–H and O–H groups in total. The average Bonchev–Trinajstić information content (AvgIpc) is 2.67. The average molecular weight is 344 g/mol. The van der Waals surface area contributed by atoms with E-state index in [1.807, 2.05) is 6.92 Å². The molecule has 3 rings (SSSR count). The molecule has 0 radical (unpaired) electrons. The molecule has 136 valence electrons. The third-order valence-corrected chi connectivity index (χ3v) is 6.43. The lowest BCUT2D eigenvalue weighted by molar-refractivity contribution is -0.125. The minimum atomic E-state index is -0.334. The molecule has 0 amide bonds. The van der Waals surface area contributed by atoms with E-state index in [-0.39, 0.29) is 29.2 Å². The number of rotatable bonds is 5. The van der Waals surface area contributed by atoms with Crippen LogP contribution < -0.4 is 0 Å². The molecule has 0 aromatic heterocycles. The SMILES string of the molecule is CCC(=O)[C@@H]1C[C@@H](C2CCCCC2)CCC1C(=O)c1ccc(F)cc1. The minimum Gasteiger partial charge on any atom is -0.299 e. The summed E-state index contributed by atoms with van der Waals surface area (Å²) in [5.74, 6) is 0.871. The van der Waals surface area contributed by atoms with Crippen LogP contribution in [-0.2, 0) is 4.79 Å². The van der Waals surface area contributed by atoms with Crippen molar-refractivity contribution < 1.29 is 14.0 Å². The first-order valence-electron chi connectivity index (χ1n) is 9.92. The second-order valence-electron chi connectivity index (χ2n) is 7.88. The molecular formula is C22H29FO2. The van der Waals surface area contributed by atoms with Crippen molar-refractivity contribution in [2.24, 2.45) is 23.7 Å². The van der Waals surface area contributed by atoms with Gasteiger partial charge in [-0.2, -0.15) is 0 Å². The number of carbonyl (C=O) groups is 2. The van der Waals surface area contributed by atoms with Crippen LogP contribution in [0, 0.1) is 29.5 Å². The maximum absolute atomic E-state index is 13.1. The summed E-state index contributed by atoms with van der Waals surface area (Å²) in [5, 5.41) is 0. The first-order chi connectivity index (χ1) is 12.1.